The number of rotatable bonds is 8. The summed E-state index contributed by atoms with van der Waals surface area (Å²) in [5, 5.41) is 3.33. The summed E-state index contributed by atoms with van der Waals surface area (Å²) in [5.74, 6) is 1.22. The number of hydrogen-bond acceptors (Lipinski definition) is 5. The zero-order valence-corrected chi connectivity index (χ0v) is 17.9. The van der Waals surface area contributed by atoms with Crippen LogP contribution in [-0.2, 0) is 0 Å². The first-order valence-electron chi connectivity index (χ1n) is 10.9. The zero-order valence-electron chi connectivity index (χ0n) is 17.9. The first-order valence-corrected chi connectivity index (χ1v) is 10.9. The van der Waals surface area contributed by atoms with E-state index in [0.717, 1.165) is 44.7 Å². The Kier molecular flexibility index (Phi) is 7.44. The minimum absolute atomic E-state index is 0.0253. The molecule has 2 heterocycles. The van der Waals surface area contributed by atoms with E-state index in [9.17, 15) is 4.79 Å². The summed E-state index contributed by atoms with van der Waals surface area (Å²) in [6, 6.07) is 10.2. The van der Waals surface area contributed by atoms with Gasteiger partial charge in [-0.25, -0.2) is 9.97 Å². The van der Waals surface area contributed by atoms with Crippen LogP contribution in [0.3, 0.4) is 0 Å². The van der Waals surface area contributed by atoms with Crippen molar-refractivity contribution in [2.24, 2.45) is 0 Å². The molecular weight excluding hydrogens is 362 g/mol. The van der Waals surface area contributed by atoms with Crippen LogP contribution in [0.5, 0.6) is 0 Å². The van der Waals surface area contributed by atoms with Crippen molar-refractivity contribution in [3.05, 3.63) is 41.9 Å². The van der Waals surface area contributed by atoms with Crippen molar-refractivity contribution in [2.45, 2.75) is 52.9 Å². The van der Waals surface area contributed by atoms with Gasteiger partial charge in [-0.2, -0.15) is 0 Å². The molecule has 1 amide bonds. The van der Waals surface area contributed by atoms with E-state index in [-0.39, 0.29) is 5.91 Å². The molecule has 156 valence electrons. The highest BCUT2D eigenvalue weighted by molar-refractivity contribution is 5.93. The molecule has 0 radical (unpaired) electrons. The number of benzene rings is 1. The average Bonchev–Trinajstić information content (AvgIpc) is 2.74. The Balaban J connectivity index is 1.73. The lowest BCUT2D eigenvalue weighted by Crippen LogP contribution is -2.33. The van der Waals surface area contributed by atoms with Gasteiger partial charge in [0.2, 0.25) is 0 Å². The van der Waals surface area contributed by atoms with Crippen molar-refractivity contribution in [3.8, 4) is 0 Å². The molecule has 0 saturated carbocycles. The summed E-state index contributed by atoms with van der Waals surface area (Å²) in [6.07, 6.45) is 5.74. The van der Waals surface area contributed by atoms with Crippen molar-refractivity contribution in [2.75, 3.05) is 36.4 Å². The lowest BCUT2D eigenvalue weighted by molar-refractivity contribution is 0.0749. The van der Waals surface area contributed by atoms with Gasteiger partial charge in [-0.15, -0.1) is 0 Å². The molecule has 6 heteroatoms. The Labute approximate surface area is 174 Å². The van der Waals surface area contributed by atoms with E-state index in [4.69, 9.17) is 0 Å². The zero-order chi connectivity index (χ0) is 20.6. The summed E-state index contributed by atoms with van der Waals surface area (Å²) >= 11 is 0. The molecule has 1 fully saturated rings. The molecule has 0 unspecified atom stereocenters. The molecule has 1 aromatic heterocycles. The highest BCUT2D eigenvalue weighted by Gasteiger charge is 2.17. The van der Waals surface area contributed by atoms with Gasteiger partial charge in [-0.3, -0.25) is 4.79 Å². The summed E-state index contributed by atoms with van der Waals surface area (Å²) in [5.41, 5.74) is 2.67. The Morgan fingerprint density at radius 3 is 2.31 bits per heavy atom. The third-order valence-corrected chi connectivity index (χ3v) is 5.19. The summed E-state index contributed by atoms with van der Waals surface area (Å²) in [6.45, 7) is 9.76. The van der Waals surface area contributed by atoms with Crippen LogP contribution in [-0.4, -0.2) is 47.0 Å². The van der Waals surface area contributed by atoms with E-state index < -0.39 is 0 Å². The third kappa shape index (κ3) is 5.68. The minimum Gasteiger partial charge on any atom is -0.372 e. The number of carbonyl (C=O) groups excluding carboxylic acids is 1. The number of piperidine rings is 1. The second-order valence-electron chi connectivity index (χ2n) is 7.70. The number of anilines is 3. The second-order valence-corrected chi connectivity index (χ2v) is 7.70. The summed E-state index contributed by atoms with van der Waals surface area (Å²) in [7, 11) is 0. The van der Waals surface area contributed by atoms with Gasteiger partial charge >= 0.3 is 0 Å². The van der Waals surface area contributed by atoms with E-state index in [0.29, 0.717) is 17.3 Å². The fourth-order valence-electron chi connectivity index (χ4n) is 3.81. The Hall–Kier alpha value is -2.63. The van der Waals surface area contributed by atoms with E-state index in [1.54, 1.807) is 6.07 Å². The van der Waals surface area contributed by atoms with E-state index >= 15 is 0 Å². The lowest BCUT2D eigenvalue weighted by Gasteiger charge is -2.28. The number of aryl methyl sites for hydroxylation is 1. The van der Waals surface area contributed by atoms with Crippen LogP contribution >= 0.6 is 0 Å². The minimum atomic E-state index is -0.0253. The van der Waals surface area contributed by atoms with Crippen LogP contribution in [0.4, 0.5) is 17.2 Å². The number of nitrogens with zero attached hydrogens (tertiary/aromatic N) is 4. The maximum absolute atomic E-state index is 12.9. The molecule has 3 rings (SSSR count). The number of hydrogen-bond donors (Lipinski definition) is 1. The van der Waals surface area contributed by atoms with Crippen molar-refractivity contribution in [1.29, 1.82) is 0 Å². The largest absolute Gasteiger partial charge is 0.372 e. The molecular formula is C23H33N5O. The molecule has 6 nitrogen and oxygen atoms in total. The number of aromatic nitrogens is 2. The molecule has 2 aromatic rings. The van der Waals surface area contributed by atoms with Crippen LogP contribution in [0.1, 0.15) is 62.3 Å². The van der Waals surface area contributed by atoms with Crippen molar-refractivity contribution < 1.29 is 4.79 Å². The Bertz CT molecular complexity index is 793. The number of nitrogens with one attached hydrogen (secondary N) is 1. The molecule has 0 bridgehead atoms. The quantitative estimate of drug-likeness (QED) is 0.697. The van der Waals surface area contributed by atoms with E-state index in [2.05, 4.69) is 58.3 Å². The van der Waals surface area contributed by atoms with Gasteiger partial charge in [0.25, 0.3) is 5.91 Å². The van der Waals surface area contributed by atoms with Crippen LogP contribution in [0.2, 0.25) is 0 Å². The fourth-order valence-corrected chi connectivity index (χ4v) is 3.81. The van der Waals surface area contributed by atoms with Crippen LogP contribution in [0, 0.1) is 6.92 Å². The van der Waals surface area contributed by atoms with E-state index in [1.807, 2.05) is 11.8 Å². The highest BCUT2D eigenvalue weighted by atomic mass is 16.2. The molecule has 0 spiro atoms. The summed E-state index contributed by atoms with van der Waals surface area (Å²) < 4.78 is 0. The van der Waals surface area contributed by atoms with Gasteiger partial charge in [0.1, 0.15) is 17.3 Å². The second kappa shape index (κ2) is 10.2. The average molecular weight is 396 g/mol. The Morgan fingerprint density at radius 2 is 1.69 bits per heavy atom. The molecule has 1 saturated heterocycles. The van der Waals surface area contributed by atoms with Crippen LogP contribution < -0.4 is 10.2 Å². The van der Waals surface area contributed by atoms with Gasteiger partial charge in [-0.1, -0.05) is 13.8 Å². The van der Waals surface area contributed by atoms with E-state index in [1.165, 1.54) is 24.9 Å². The van der Waals surface area contributed by atoms with Gasteiger partial charge in [0.05, 0.1) is 0 Å². The first kappa shape index (κ1) is 21.1. The standard InChI is InChI=1S/C23H33N5O/c1-4-13-28(14-5-2)23(29)21-17-22(25-18(3)24-21)26-19-9-11-20(12-10-19)27-15-7-6-8-16-27/h9-12,17H,4-8,13-16H2,1-3H3,(H,24,25,26). The maximum atomic E-state index is 12.9. The molecule has 1 N–H and O–H groups in total. The number of carbonyl (C=O) groups is 1. The molecule has 1 aromatic carbocycles. The maximum Gasteiger partial charge on any atom is 0.272 e. The van der Waals surface area contributed by atoms with Crippen molar-refractivity contribution in [3.63, 3.8) is 0 Å². The highest BCUT2D eigenvalue weighted by Crippen LogP contribution is 2.23. The SMILES string of the molecule is CCCN(CCC)C(=O)c1cc(Nc2ccc(N3CCCCC3)cc2)nc(C)n1. The first-order chi connectivity index (χ1) is 14.1. The van der Waals surface area contributed by atoms with Gasteiger partial charge in [0, 0.05) is 43.6 Å². The van der Waals surface area contributed by atoms with Crippen LogP contribution in [0.15, 0.2) is 30.3 Å². The molecule has 1 aliphatic rings. The van der Waals surface area contributed by atoms with Gasteiger partial charge < -0.3 is 15.1 Å². The fraction of sp³-hybridized carbons (Fsp3) is 0.522. The molecule has 0 aliphatic carbocycles. The molecule has 29 heavy (non-hydrogen) atoms. The topological polar surface area (TPSA) is 61.4 Å². The predicted molar refractivity (Wildman–Crippen MR) is 119 cm³/mol. The van der Waals surface area contributed by atoms with Crippen LogP contribution in [0.25, 0.3) is 0 Å². The third-order valence-electron chi connectivity index (χ3n) is 5.19. The van der Waals surface area contributed by atoms with Crippen molar-refractivity contribution >= 4 is 23.1 Å². The molecule has 1 aliphatic heterocycles. The smallest absolute Gasteiger partial charge is 0.272 e. The van der Waals surface area contributed by atoms with Gasteiger partial charge in [0.15, 0.2) is 0 Å². The monoisotopic (exact) mass is 395 g/mol. The Morgan fingerprint density at radius 1 is 1.03 bits per heavy atom. The van der Waals surface area contributed by atoms with Crippen molar-refractivity contribution in [1.82, 2.24) is 14.9 Å². The predicted octanol–water partition coefficient (Wildman–Crippen LogP) is 4.78. The van der Waals surface area contributed by atoms with Gasteiger partial charge in [-0.05, 0) is 63.3 Å². The normalized spacial score (nSPS) is 14.0. The number of amides is 1. The summed E-state index contributed by atoms with van der Waals surface area (Å²) in [4.78, 5) is 26.1. The molecule has 0 atom stereocenters. The lowest BCUT2D eigenvalue weighted by atomic mass is 10.1.